The van der Waals surface area contributed by atoms with E-state index < -0.39 is 0 Å². The van der Waals surface area contributed by atoms with Crippen molar-refractivity contribution >= 4 is 59.1 Å². The summed E-state index contributed by atoms with van der Waals surface area (Å²) < 4.78 is 8.29. The van der Waals surface area contributed by atoms with Crippen LogP contribution < -0.4 is 4.74 Å². The van der Waals surface area contributed by atoms with Crippen LogP contribution in [0.5, 0.6) is 5.75 Å². The van der Waals surface area contributed by atoms with Crippen LogP contribution in [-0.4, -0.2) is 12.9 Å². The standard InChI is InChI=1S/C16H10Br2O2S/c1-20-14-7-9(17)5-6-11(14)15(19)12-8-21-16-10(12)3-2-4-13(16)18/h2-8H,1H3. The first-order valence-electron chi connectivity index (χ1n) is 6.16. The number of methoxy groups -OCH3 is 1. The molecule has 0 atom stereocenters. The molecule has 0 bridgehead atoms. The number of rotatable bonds is 3. The predicted molar refractivity (Wildman–Crippen MR) is 93.7 cm³/mol. The normalized spacial score (nSPS) is 10.8. The van der Waals surface area contributed by atoms with Gasteiger partial charge in [0.1, 0.15) is 5.75 Å². The number of carbonyl (C=O) groups excluding carboxylic acids is 1. The lowest BCUT2D eigenvalue weighted by molar-refractivity contribution is 0.103. The summed E-state index contributed by atoms with van der Waals surface area (Å²) in [6, 6.07) is 11.3. The highest BCUT2D eigenvalue weighted by Gasteiger charge is 2.19. The lowest BCUT2D eigenvalue weighted by Gasteiger charge is -2.07. The van der Waals surface area contributed by atoms with Crippen LogP contribution in [0.2, 0.25) is 0 Å². The number of ether oxygens (including phenoxy) is 1. The average Bonchev–Trinajstić information content (AvgIpc) is 2.92. The van der Waals surface area contributed by atoms with Gasteiger partial charge in [0, 0.05) is 30.0 Å². The van der Waals surface area contributed by atoms with Crippen molar-refractivity contribution in [3.05, 3.63) is 61.9 Å². The first-order chi connectivity index (χ1) is 10.1. The van der Waals surface area contributed by atoms with E-state index in [1.165, 1.54) is 0 Å². The highest BCUT2D eigenvalue weighted by atomic mass is 79.9. The summed E-state index contributed by atoms with van der Waals surface area (Å²) in [5.74, 6) is 0.549. The third-order valence-electron chi connectivity index (χ3n) is 3.20. The minimum atomic E-state index is -0.0244. The van der Waals surface area contributed by atoms with Crippen LogP contribution >= 0.6 is 43.2 Å². The van der Waals surface area contributed by atoms with Gasteiger partial charge in [0.25, 0.3) is 0 Å². The van der Waals surface area contributed by atoms with Crippen molar-refractivity contribution < 1.29 is 9.53 Å². The molecule has 0 unspecified atom stereocenters. The Kier molecular flexibility index (Phi) is 4.15. The van der Waals surface area contributed by atoms with Crippen LogP contribution in [0.25, 0.3) is 10.1 Å². The van der Waals surface area contributed by atoms with Crippen LogP contribution in [0.15, 0.2) is 50.7 Å². The lowest BCUT2D eigenvalue weighted by atomic mass is 10.0. The summed E-state index contributed by atoms with van der Waals surface area (Å²) in [5.41, 5.74) is 1.28. The second-order valence-corrected chi connectivity index (χ2v) is 7.09. The molecule has 0 fully saturated rings. The maximum Gasteiger partial charge on any atom is 0.198 e. The minimum absolute atomic E-state index is 0.0244. The largest absolute Gasteiger partial charge is 0.496 e. The van der Waals surface area contributed by atoms with Crippen LogP contribution in [0.1, 0.15) is 15.9 Å². The zero-order valence-electron chi connectivity index (χ0n) is 11.0. The van der Waals surface area contributed by atoms with Crippen molar-refractivity contribution in [3.8, 4) is 5.75 Å². The van der Waals surface area contributed by atoms with Gasteiger partial charge in [0.15, 0.2) is 5.78 Å². The van der Waals surface area contributed by atoms with E-state index in [1.807, 2.05) is 29.6 Å². The summed E-state index contributed by atoms with van der Waals surface area (Å²) in [7, 11) is 1.57. The molecule has 2 nitrogen and oxygen atoms in total. The number of fused-ring (bicyclic) bond motifs is 1. The summed E-state index contributed by atoms with van der Waals surface area (Å²) in [5, 5.41) is 2.86. The van der Waals surface area contributed by atoms with Crippen LogP contribution in [0, 0.1) is 0 Å². The molecule has 0 saturated carbocycles. The number of halogens is 2. The van der Waals surface area contributed by atoms with Crippen LogP contribution in [0.3, 0.4) is 0 Å². The van der Waals surface area contributed by atoms with Crippen molar-refractivity contribution in [2.45, 2.75) is 0 Å². The van der Waals surface area contributed by atoms with Crippen LogP contribution in [0.4, 0.5) is 0 Å². The molecule has 0 saturated heterocycles. The summed E-state index contributed by atoms with van der Waals surface area (Å²) in [6.45, 7) is 0. The van der Waals surface area contributed by atoms with E-state index in [2.05, 4.69) is 31.9 Å². The van der Waals surface area contributed by atoms with Crippen molar-refractivity contribution in [3.63, 3.8) is 0 Å². The smallest absolute Gasteiger partial charge is 0.198 e. The van der Waals surface area contributed by atoms with Crippen molar-refractivity contribution in [1.82, 2.24) is 0 Å². The summed E-state index contributed by atoms with van der Waals surface area (Å²) in [4.78, 5) is 12.8. The second-order valence-electron chi connectivity index (χ2n) is 4.44. The highest BCUT2D eigenvalue weighted by Crippen LogP contribution is 2.35. The van der Waals surface area contributed by atoms with E-state index in [0.717, 1.165) is 19.0 Å². The van der Waals surface area contributed by atoms with Gasteiger partial charge in [-0.05, 0) is 40.2 Å². The van der Waals surface area contributed by atoms with Gasteiger partial charge >= 0.3 is 0 Å². The number of hydrogen-bond donors (Lipinski definition) is 0. The fraction of sp³-hybridized carbons (Fsp3) is 0.0625. The Balaban J connectivity index is 2.15. The molecule has 0 spiro atoms. The molecule has 3 rings (SSSR count). The van der Waals surface area contributed by atoms with E-state index in [9.17, 15) is 4.79 Å². The summed E-state index contributed by atoms with van der Waals surface area (Å²) in [6.07, 6.45) is 0. The Morgan fingerprint density at radius 1 is 1.14 bits per heavy atom. The Morgan fingerprint density at radius 2 is 1.95 bits per heavy atom. The van der Waals surface area contributed by atoms with Gasteiger partial charge < -0.3 is 4.74 Å². The number of ketones is 1. The first kappa shape index (κ1) is 14.8. The average molecular weight is 426 g/mol. The molecule has 2 aromatic carbocycles. The molecular weight excluding hydrogens is 416 g/mol. The van der Waals surface area contributed by atoms with Gasteiger partial charge in [-0.1, -0.05) is 28.1 Å². The Bertz CT molecular complexity index is 839. The molecule has 0 radical (unpaired) electrons. The summed E-state index contributed by atoms with van der Waals surface area (Å²) >= 11 is 8.47. The number of benzene rings is 2. The third-order valence-corrected chi connectivity index (χ3v) is 5.65. The Morgan fingerprint density at radius 3 is 2.71 bits per heavy atom. The fourth-order valence-corrected chi connectivity index (χ4v) is 4.14. The number of hydrogen-bond acceptors (Lipinski definition) is 3. The van der Waals surface area contributed by atoms with Gasteiger partial charge in [-0.2, -0.15) is 0 Å². The van der Waals surface area contributed by atoms with Gasteiger partial charge in [0.2, 0.25) is 0 Å². The van der Waals surface area contributed by atoms with E-state index in [4.69, 9.17) is 4.74 Å². The van der Waals surface area contributed by atoms with Crippen molar-refractivity contribution in [2.75, 3.05) is 7.11 Å². The molecule has 1 heterocycles. The molecule has 106 valence electrons. The lowest BCUT2D eigenvalue weighted by Crippen LogP contribution is -2.03. The number of carbonyl (C=O) groups is 1. The number of thiophene rings is 1. The predicted octanol–water partition coefficient (Wildman–Crippen LogP) is 5.67. The third kappa shape index (κ3) is 2.65. The Labute approximate surface area is 143 Å². The van der Waals surface area contributed by atoms with Crippen molar-refractivity contribution in [2.24, 2.45) is 0 Å². The fourth-order valence-electron chi connectivity index (χ4n) is 2.20. The molecule has 0 N–H and O–H groups in total. The monoisotopic (exact) mass is 424 g/mol. The molecular formula is C16H10Br2O2S. The molecule has 0 amide bonds. The highest BCUT2D eigenvalue weighted by molar-refractivity contribution is 9.11. The quantitative estimate of drug-likeness (QED) is 0.505. The molecule has 3 aromatic rings. The van der Waals surface area contributed by atoms with Gasteiger partial charge in [0.05, 0.1) is 12.7 Å². The SMILES string of the molecule is COc1cc(Br)ccc1C(=O)c1csc2c(Br)cccc12. The topological polar surface area (TPSA) is 26.3 Å². The molecule has 0 aliphatic heterocycles. The molecule has 0 aliphatic rings. The molecule has 0 aliphatic carbocycles. The maximum atomic E-state index is 12.8. The Hall–Kier alpha value is -1.17. The van der Waals surface area contributed by atoms with Crippen LogP contribution in [-0.2, 0) is 0 Å². The van der Waals surface area contributed by atoms with Crippen molar-refractivity contribution in [1.29, 1.82) is 0 Å². The van der Waals surface area contributed by atoms with E-state index in [0.29, 0.717) is 16.9 Å². The molecule has 1 aromatic heterocycles. The minimum Gasteiger partial charge on any atom is -0.496 e. The first-order valence-corrected chi connectivity index (χ1v) is 8.62. The van der Waals surface area contributed by atoms with Gasteiger partial charge in [-0.15, -0.1) is 11.3 Å². The van der Waals surface area contributed by atoms with E-state index in [1.54, 1.807) is 30.6 Å². The molecule has 21 heavy (non-hydrogen) atoms. The van der Waals surface area contributed by atoms with Gasteiger partial charge in [-0.3, -0.25) is 4.79 Å². The molecule has 5 heteroatoms. The second kappa shape index (κ2) is 5.91. The van der Waals surface area contributed by atoms with E-state index in [-0.39, 0.29) is 5.78 Å². The zero-order chi connectivity index (χ0) is 15.0. The maximum absolute atomic E-state index is 12.8. The van der Waals surface area contributed by atoms with E-state index >= 15 is 0 Å². The van der Waals surface area contributed by atoms with Gasteiger partial charge in [-0.25, -0.2) is 0 Å². The zero-order valence-corrected chi connectivity index (χ0v) is 15.0.